The largest absolute Gasteiger partial charge is 0.491 e. The monoisotopic (exact) mass is 399 g/mol. The molecule has 0 radical (unpaired) electrons. The molecule has 1 spiro atoms. The van der Waals surface area contributed by atoms with Crippen molar-refractivity contribution in [2.45, 2.75) is 31.6 Å². The van der Waals surface area contributed by atoms with Crippen LogP contribution in [-0.2, 0) is 10.2 Å². The zero-order chi connectivity index (χ0) is 20.6. The first-order chi connectivity index (χ1) is 14.7. The van der Waals surface area contributed by atoms with Gasteiger partial charge < -0.3 is 14.4 Å². The maximum Gasteiger partial charge on any atom is 0.245 e. The van der Waals surface area contributed by atoms with Crippen LogP contribution in [0.15, 0.2) is 72.8 Å². The highest BCUT2D eigenvalue weighted by molar-refractivity contribution is 6.11. The average molecular weight is 399 g/mol. The lowest BCUT2D eigenvalue weighted by molar-refractivity contribution is -0.122. The number of ether oxygens (including phenoxy) is 2. The molecule has 3 aromatic carbocycles. The zero-order valence-corrected chi connectivity index (χ0v) is 17.1. The van der Waals surface area contributed by atoms with E-state index in [1.54, 1.807) is 0 Å². The number of para-hydroxylation sites is 2. The summed E-state index contributed by atoms with van der Waals surface area (Å²) in [4.78, 5) is 15.7. The van der Waals surface area contributed by atoms with Crippen LogP contribution in [0.4, 0.5) is 5.69 Å². The molecule has 1 amide bonds. The van der Waals surface area contributed by atoms with Gasteiger partial charge >= 0.3 is 0 Å². The van der Waals surface area contributed by atoms with E-state index in [1.807, 2.05) is 65.6 Å². The summed E-state index contributed by atoms with van der Waals surface area (Å²) in [5.41, 5.74) is 2.23. The fourth-order valence-electron chi connectivity index (χ4n) is 4.59. The minimum absolute atomic E-state index is 0.121. The molecule has 2 aliphatic rings. The molecule has 0 bridgehead atoms. The third-order valence-corrected chi connectivity index (χ3v) is 6.09. The van der Waals surface area contributed by atoms with E-state index in [1.165, 1.54) is 0 Å². The van der Waals surface area contributed by atoms with Crippen molar-refractivity contribution in [1.29, 1.82) is 0 Å². The molecular formula is C26H25NO3. The Balaban J connectivity index is 1.51. The maximum atomic E-state index is 13.7. The Morgan fingerprint density at radius 1 is 0.933 bits per heavy atom. The second kappa shape index (κ2) is 7.52. The summed E-state index contributed by atoms with van der Waals surface area (Å²) >= 11 is 0. The van der Waals surface area contributed by atoms with Gasteiger partial charge in [0.25, 0.3) is 0 Å². The van der Waals surface area contributed by atoms with Crippen LogP contribution < -0.4 is 14.4 Å². The number of nitrogens with zero attached hydrogens (tertiary/aromatic N) is 1. The number of fused-ring (bicyclic) bond motifs is 4. The molecule has 30 heavy (non-hydrogen) atoms. The summed E-state index contributed by atoms with van der Waals surface area (Å²) < 4.78 is 12.1. The van der Waals surface area contributed by atoms with Crippen molar-refractivity contribution in [3.8, 4) is 17.2 Å². The summed E-state index contributed by atoms with van der Waals surface area (Å²) in [6.45, 7) is 3.25. The van der Waals surface area contributed by atoms with Crippen LogP contribution in [0.5, 0.6) is 17.2 Å². The molecule has 5 rings (SSSR count). The number of unbranched alkanes of at least 4 members (excludes halogenated alkanes) is 2. The topological polar surface area (TPSA) is 38.8 Å². The van der Waals surface area contributed by atoms with E-state index < -0.39 is 5.41 Å². The molecule has 1 unspecified atom stereocenters. The minimum Gasteiger partial charge on any atom is -0.491 e. The normalized spacial score (nSPS) is 19.0. The predicted octanol–water partition coefficient (Wildman–Crippen LogP) is 5.69. The molecule has 0 fully saturated rings. The molecular weight excluding hydrogens is 374 g/mol. The molecule has 2 heterocycles. The van der Waals surface area contributed by atoms with Crippen LogP contribution in [0.1, 0.15) is 37.3 Å². The lowest BCUT2D eigenvalue weighted by Crippen LogP contribution is -2.42. The number of benzene rings is 3. The first-order valence-electron chi connectivity index (χ1n) is 10.7. The van der Waals surface area contributed by atoms with Crippen molar-refractivity contribution < 1.29 is 14.3 Å². The quantitative estimate of drug-likeness (QED) is 0.500. The molecule has 4 nitrogen and oxygen atoms in total. The van der Waals surface area contributed by atoms with Crippen LogP contribution >= 0.6 is 0 Å². The van der Waals surface area contributed by atoms with Gasteiger partial charge in [-0.15, -0.1) is 0 Å². The Hall–Kier alpha value is -3.27. The summed E-state index contributed by atoms with van der Waals surface area (Å²) in [6, 6.07) is 23.6. The van der Waals surface area contributed by atoms with E-state index in [0.29, 0.717) is 12.4 Å². The minimum atomic E-state index is -0.760. The van der Waals surface area contributed by atoms with Gasteiger partial charge in [0.15, 0.2) is 0 Å². The Bertz CT molecular complexity index is 1080. The Labute approximate surface area is 177 Å². The van der Waals surface area contributed by atoms with E-state index in [4.69, 9.17) is 9.47 Å². The van der Waals surface area contributed by atoms with Gasteiger partial charge in [0.1, 0.15) is 29.3 Å². The number of hydrogen-bond donors (Lipinski definition) is 0. The van der Waals surface area contributed by atoms with Crippen LogP contribution in [0.3, 0.4) is 0 Å². The van der Waals surface area contributed by atoms with Gasteiger partial charge in [-0.05, 0) is 36.2 Å². The lowest BCUT2D eigenvalue weighted by atomic mass is 9.77. The van der Waals surface area contributed by atoms with Crippen LogP contribution in [-0.4, -0.2) is 19.1 Å². The first-order valence-corrected chi connectivity index (χ1v) is 10.7. The van der Waals surface area contributed by atoms with Crippen molar-refractivity contribution in [3.63, 3.8) is 0 Å². The summed E-state index contributed by atoms with van der Waals surface area (Å²) in [5.74, 6) is 2.32. The number of amides is 1. The smallest absolute Gasteiger partial charge is 0.245 e. The maximum absolute atomic E-state index is 13.7. The Morgan fingerprint density at radius 3 is 2.57 bits per heavy atom. The summed E-state index contributed by atoms with van der Waals surface area (Å²) in [7, 11) is 0. The fourth-order valence-corrected chi connectivity index (χ4v) is 4.59. The highest BCUT2D eigenvalue weighted by atomic mass is 16.5. The van der Waals surface area contributed by atoms with Crippen LogP contribution in [0.2, 0.25) is 0 Å². The second-order valence-electron chi connectivity index (χ2n) is 7.95. The van der Waals surface area contributed by atoms with E-state index in [2.05, 4.69) is 19.1 Å². The van der Waals surface area contributed by atoms with Gasteiger partial charge in [0.2, 0.25) is 5.91 Å². The Kier molecular flexibility index (Phi) is 4.70. The van der Waals surface area contributed by atoms with Crippen molar-refractivity contribution in [3.05, 3.63) is 83.9 Å². The second-order valence-corrected chi connectivity index (χ2v) is 7.95. The van der Waals surface area contributed by atoms with Crippen molar-refractivity contribution in [2.24, 2.45) is 0 Å². The van der Waals surface area contributed by atoms with Gasteiger partial charge in [0.05, 0.1) is 0 Å². The Morgan fingerprint density at radius 2 is 1.73 bits per heavy atom. The number of hydrogen-bond acceptors (Lipinski definition) is 3. The number of anilines is 1. The van der Waals surface area contributed by atoms with E-state index in [9.17, 15) is 4.79 Å². The number of carbonyl (C=O) groups excluding carboxylic acids is 1. The fraction of sp³-hybridized carbons (Fsp3) is 0.269. The molecule has 0 aliphatic carbocycles. The van der Waals surface area contributed by atoms with Crippen molar-refractivity contribution >= 4 is 11.6 Å². The molecule has 4 heteroatoms. The van der Waals surface area contributed by atoms with Crippen LogP contribution in [0.25, 0.3) is 0 Å². The van der Waals surface area contributed by atoms with Gasteiger partial charge in [0, 0.05) is 23.9 Å². The number of carbonyl (C=O) groups is 1. The van der Waals surface area contributed by atoms with Gasteiger partial charge in [-0.25, -0.2) is 0 Å². The molecule has 2 aliphatic heterocycles. The number of rotatable bonds is 6. The van der Waals surface area contributed by atoms with Crippen molar-refractivity contribution in [2.75, 3.05) is 18.1 Å². The van der Waals surface area contributed by atoms with Crippen LogP contribution in [0, 0.1) is 0 Å². The molecule has 0 saturated carbocycles. The molecule has 0 aromatic heterocycles. The molecule has 0 saturated heterocycles. The van der Waals surface area contributed by atoms with E-state index >= 15 is 0 Å². The summed E-state index contributed by atoms with van der Waals surface area (Å²) in [5, 5.41) is 0. The molecule has 0 N–H and O–H groups in total. The highest BCUT2D eigenvalue weighted by Crippen LogP contribution is 2.53. The molecule has 1 atom stereocenters. The zero-order valence-electron chi connectivity index (χ0n) is 17.1. The average Bonchev–Trinajstić information content (AvgIpc) is 3.27. The van der Waals surface area contributed by atoms with Crippen molar-refractivity contribution in [1.82, 2.24) is 0 Å². The van der Waals surface area contributed by atoms with E-state index in [-0.39, 0.29) is 5.91 Å². The molecule has 3 aromatic rings. The highest BCUT2D eigenvalue weighted by Gasteiger charge is 2.56. The third kappa shape index (κ3) is 2.86. The van der Waals surface area contributed by atoms with Gasteiger partial charge in [-0.2, -0.15) is 0 Å². The third-order valence-electron chi connectivity index (χ3n) is 6.09. The van der Waals surface area contributed by atoms with Gasteiger partial charge in [-0.1, -0.05) is 62.2 Å². The SMILES string of the molecule is CCCCCN1C(=O)C2(COc3cc(Oc4ccccc4)ccc32)c2ccccc21. The molecule has 152 valence electrons. The van der Waals surface area contributed by atoms with Gasteiger partial charge in [-0.3, -0.25) is 4.79 Å². The summed E-state index contributed by atoms with van der Waals surface area (Å²) in [6.07, 6.45) is 3.25. The standard InChI is InChI=1S/C26H25NO3/c1-2-3-9-16-27-23-13-8-7-12-21(23)26(25(27)28)18-29-24-17-20(14-15-22(24)26)30-19-10-5-4-6-11-19/h4-8,10-15,17H,2-3,9,16,18H2,1H3. The first kappa shape index (κ1) is 18.7. The lowest BCUT2D eigenvalue weighted by Gasteiger charge is -2.23. The van der Waals surface area contributed by atoms with E-state index in [0.717, 1.165) is 54.1 Å². The predicted molar refractivity (Wildman–Crippen MR) is 118 cm³/mol.